The van der Waals surface area contributed by atoms with E-state index in [1.54, 1.807) is 13.0 Å². The van der Waals surface area contributed by atoms with Crippen molar-refractivity contribution >= 4 is 11.9 Å². The Balaban J connectivity index is 0.000000288. The predicted octanol–water partition coefficient (Wildman–Crippen LogP) is 1.33. The molecule has 0 amide bonds. The molecule has 2 N–H and O–H groups in total. The lowest BCUT2D eigenvalue weighted by atomic mass is 10.1. The summed E-state index contributed by atoms with van der Waals surface area (Å²) in [5, 5.41) is 0. The zero-order chi connectivity index (χ0) is 12.6. The lowest BCUT2D eigenvalue weighted by Crippen LogP contribution is -2.33. The van der Waals surface area contributed by atoms with Crippen LogP contribution in [0.3, 0.4) is 0 Å². The van der Waals surface area contributed by atoms with Crippen LogP contribution in [0, 0.1) is 5.92 Å². The molecule has 0 aromatic heterocycles. The van der Waals surface area contributed by atoms with E-state index in [9.17, 15) is 9.59 Å². The van der Waals surface area contributed by atoms with Crippen molar-refractivity contribution in [2.75, 3.05) is 6.61 Å². The molecule has 1 fully saturated rings. The van der Waals surface area contributed by atoms with Crippen molar-refractivity contribution in [3.8, 4) is 0 Å². The van der Waals surface area contributed by atoms with Gasteiger partial charge in [0.2, 0.25) is 0 Å². The topological polar surface area (TPSA) is 78.6 Å². The summed E-state index contributed by atoms with van der Waals surface area (Å²) >= 11 is 0. The highest BCUT2D eigenvalue weighted by atomic mass is 16.7. The Labute approximate surface area is 95.5 Å². The maximum absolute atomic E-state index is 10.5. The van der Waals surface area contributed by atoms with Crippen LogP contribution in [-0.4, -0.2) is 18.5 Å². The number of hydrogen-bond acceptors (Lipinski definition) is 5. The third-order valence-electron chi connectivity index (χ3n) is 2.19. The molecule has 92 valence electrons. The highest BCUT2D eigenvalue weighted by Crippen LogP contribution is 2.14. The van der Waals surface area contributed by atoms with Crippen LogP contribution in [0.5, 0.6) is 0 Å². The fourth-order valence-corrected chi connectivity index (χ4v) is 1.04. The Morgan fingerprint density at radius 2 is 2.25 bits per heavy atom. The number of ether oxygens (including phenoxy) is 1. The van der Waals surface area contributed by atoms with Crippen molar-refractivity contribution in [3.63, 3.8) is 0 Å². The molecule has 1 atom stereocenters. The molecule has 1 aliphatic rings. The van der Waals surface area contributed by atoms with Crippen molar-refractivity contribution in [1.29, 1.82) is 0 Å². The summed E-state index contributed by atoms with van der Waals surface area (Å²) in [5.74, 6) is 4.35. The first-order valence-corrected chi connectivity index (χ1v) is 5.31. The first kappa shape index (κ1) is 14.6. The normalized spacial score (nSPS) is 18.9. The number of esters is 1. The van der Waals surface area contributed by atoms with Crippen molar-refractivity contribution < 1.29 is 19.2 Å². The minimum atomic E-state index is -0.461. The third kappa shape index (κ3) is 4.93. The van der Waals surface area contributed by atoms with E-state index >= 15 is 0 Å². The van der Waals surface area contributed by atoms with Gasteiger partial charge in [0.1, 0.15) is 6.61 Å². The molecule has 1 saturated heterocycles. The van der Waals surface area contributed by atoms with E-state index in [1.807, 2.05) is 13.8 Å². The SMILES string of the molecule is CCC1COC1=O.CCC=C(C)C(=O)ON. The largest absolute Gasteiger partial charge is 0.464 e. The molecule has 1 rings (SSSR count). The van der Waals surface area contributed by atoms with Gasteiger partial charge in [-0.3, -0.25) is 4.79 Å². The van der Waals surface area contributed by atoms with Crippen LogP contribution in [0.4, 0.5) is 0 Å². The standard InChI is InChI=1S/C6H11NO2.C5H8O2/c1-3-4-5(2)6(8)9-7;1-2-4-3-7-5(4)6/h4H,3,7H2,1-2H3;4H,2-3H2,1H3. The molecule has 0 aliphatic carbocycles. The van der Waals surface area contributed by atoms with Crippen LogP contribution in [0.15, 0.2) is 11.6 Å². The van der Waals surface area contributed by atoms with E-state index in [2.05, 4.69) is 15.5 Å². The van der Waals surface area contributed by atoms with Crippen LogP contribution in [0.1, 0.15) is 33.6 Å². The van der Waals surface area contributed by atoms with E-state index in [4.69, 9.17) is 0 Å². The van der Waals surface area contributed by atoms with Crippen LogP contribution in [0.25, 0.3) is 0 Å². The van der Waals surface area contributed by atoms with E-state index < -0.39 is 5.97 Å². The van der Waals surface area contributed by atoms with Crippen molar-refractivity contribution in [2.24, 2.45) is 11.8 Å². The summed E-state index contributed by atoms with van der Waals surface area (Å²) in [6.45, 7) is 6.24. The zero-order valence-corrected chi connectivity index (χ0v) is 9.99. The van der Waals surface area contributed by atoms with Gasteiger partial charge in [-0.05, 0) is 19.8 Å². The maximum atomic E-state index is 10.5. The average Bonchev–Trinajstić information content (AvgIpc) is 2.27. The predicted molar refractivity (Wildman–Crippen MR) is 59.1 cm³/mol. The number of rotatable bonds is 3. The van der Waals surface area contributed by atoms with E-state index in [1.165, 1.54) is 0 Å². The fourth-order valence-electron chi connectivity index (χ4n) is 1.04. The van der Waals surface area contributed by atoms with E-state index in [0.29, 0.717) is 12.2 Å². The molecular weight excluding hydrogens is 210 g/mol. The van der Waals surface area contributed by atoms with Crippen molar-refractivity contribution in [2.45, 2.75) is 33.6 Å². The second kappa shape index (κ2) is 7.87. The minimum Gasteiger partial charge on any atom is -0.464 e. The summed E-state index contributed by atoms with van der Waals surface area (Å²) in [6.07, 6.45) is 3.51. The molecule has 5 heteroatoms. The number of carbonyl (C=O) groups is 2. The lowest BCUT2D eigenvalue weighted by molar-refractivity contribution is -0.168. The molecule has 0 radical (unpaired) electrons. The Bertz CT molecular complexity index is 271. The first-order valence-electron chi connectivity index (χ1n) is 5.31. The Morgan fingerprint density at radius 1 is 1.62 bits per heavy atom. The Morgan fingerprint density at radius 3 is 2.44 bits per heavy atom. The van der Waals surface area contributed by atoms with Gasteiger partial charge in [0.15, 0.2) is 0 Å². The minimum absolute atomic E-state index is 0.0255. The molecule has 0 spiro atoms. The van der Waals surface area contributed by atoms with Crippen molar-refractivity contribution in [3.05, 3.63) is 11.6 Å². The van der Waals surface area contributed by atoms with Gasteiger partial charge in [0.25, 0.3) is 0 Å². The Hall–Kier alpha value is -1.36. The van der Waals surface area contributed by atoms with E-state index in [-0.39, 0.29) is 11.9 Å². The second-order valence-corrected chi connectivity index (χ2v) is 3.44. The summed E-state index contributed by atoms with van der Waals surface area (Å²) in [7, 11) is 0. The molecule has 1 aliphatic heterocycles. The average molecular weight is 229 g/mol. The van der Waals surface area contributed by atoms with Crippen LogP contribution in [0.2, 0.25) is 0 Å². The molecule has 16 heavy (non-hydrogen) atoms. The molecular formula is C11H19NO4. The lowest BCUT2D eigenvalue weighted by Gasteiger charge is -2.22. The number of carbonyl (C=O) groups excluding carboxylic acids is 2. The molecule has 1 unspecified atom stereocenters. The van der Waals surface area contributed by atoms with Gasteiger partial charge in [-0.1, -0.05) is 19.9 Å². The van der Waals surface area contributed by atoms with Gasteiger partial charge < -0.3 is 9.57 Å². The third-order valence-corrected chi connectivity index (χ3v) is 2.19. The van der Waals surface area contributed by atoms with Gasteiger partial charge in [-0.15, -0.1) is 0 Å². The molecule has 0 bridgehead atoms. The zero-order valence-electron chi connectivity index (χ0n) is 9.99. The summed E-state index contributed by atoms with van der Waals surface area (Å²) in [4.78, 5) is 24.7. The van der Waals surface area contributed by atoms with Gasteiger partial charge in [-0.25, -0.2) is 4.79 Å². The van der Waals surface area contributed by atoms with Crippen LogP contribution >= 0.6 is 0 Å². The second-order valence-electron chi connectivity index (χ2n) is 3.44. The van der Waals surface area contributed by atoms with Crippen LogP contribution < -0.4 is 5.90 Å². The summed E-state index contributed by atoms with van der Waals surface area (Å²) in [5.41, 5.74) is 0.556. The Kier molecular flexibility index (Phi) is 7.20. The van der Waals surface area contributed by atoms with Gasteiger partial charge in [0.05, 0.1) is 5.92 Å². The van der Waals surface area contributed by atoms with E-state index in [0.717, 1.165) is 12.8 Å². The molecule has 0 saturated carbocycles. The first-order chi connectivity index (χ1) is 7.56. The molecule has 5 nitrogen and oxygen atoms in total. The summed E-state index contributed by atoms with van der Waals surface area (Å²) in [6, 6.07) is 0. The molecule has 0 aromatic rings. The fraction of sp³-hybridized carbons (Fsp3) is 0.636. The summed E-state index contributed by atoms with van der Waals surface area (Å²) < 4.78 is 4.50. The smallest absolute Gasteiger partial charge is 0.351 e. The maximum Gasteiger partial charge on any atom is 0.351 e. The highest BCUT2D eigenvalue weighted by Gasteiger charge is 2.27. The van der Waals surface area contributed by atoms with Gasteiger partial charge in [-0.2, -0.15) is 5.90 Å². The molecule has 1 heterocycles. The van der Waals surface area contributed by atoms with Gasteiger partial charge >= 0.3 is 11.9 Å². The van der Waals surface area contributed by atoms with Crippen molar-refractivity contribution in [1.82, 2.24) is 0 Å². The molecule has 0 aromatic carbocycles. The monoisotopic (exact) mass is 229 g/mol. The highest BCUT2D eigenvalue weighted by molar-refractivity contribution is 5.87. The van der Waals surface area contributed by atoms with Crippen LogP contribution in [-0.2, 0) is 19.2 Å². The number of hydrogen-bond donors (Lipinski definition) is 1. The quantitative estimate of drug-likeness (QED) is 0.448. The van der Waals surface area contributed by atoms with Gasteiger partial charge in [0, 0.05) is 5.57 Å². The number of cyclic esters (lactones) is 1. The number of allylic oxidation sites excluding steroid dienone is 1. The number of nitrogens with two attached hydrogens (primary N) is 1.